The lowest BCUT2D eigenvalue weighted by molar-refractivity contribution is -0.384. The lowest BCUT2D eigenvalue weighted by atomic mass is 10.1. The summed E-state index contributed by atoms with van der Waals surface area (Å²) in [6.07, 6.45) is 0. The fourth-order valence-corrected chi connectivity index (χ4v) is 4.20. The summed E-state index contributed by atoms with van der Waals surface area (Å²) in [5, 5.41) is 20.6. The minimum Gasteiger partial charge on any atom is -0.352 e. The third-order valence-electron chi connectivity index (χ3n) is 5.14. The van der Waals surface area contributed by atoms with Crippen molar-refractivity contribution in [2.75, 3.05) is 31.1 Å². The van der Waals surface area contributed by atoms with Gasteiger partial charge in [-0.2, -0.15) is 0 Å². The average Bonchev–Trinajstić information content (AvgIpc) is 2.79. The third-order valence-corrected chi connectivity index (χ3v) is 6.00. The Hall–Kier alpha value is -2.94. The Morgan fingerprint density at radius 2 is 1.66 bits per heavy atom. The van der Waals surface area contributed by atoms with Crippen LogP contribution >= 0.6 is 34.8 Å². The monoisotopic (exact) mass is 491 g/mol. The van der Waals surface area contributed by atoms with Gasteiger partial charge in [0.25, 0.3) is 11.6 Å². The first-order valence-corrected chi connectivity index (χ1v) is 10.7. The molecule has 32 heavy (non-hydrogen) atoms. The van der Waals surface area contributed by atoms with Gasteiger partial charge in [-0.15, -0.1) is 10.2 Å². The molecule has 2 heterocycles. The molecule has 1 amide bonds. The largest absolute Gasteiger partial charge is 0.352 e. The number of non-ortho nitro benzene ring substituents is 1. The van der Waals surface area contributed by atoms with E-state index in [1.807, 2.05) is 17.0 Å². The number of nitro benzene ring substituents is 1. The highest BCUT2D eigenvalue weighted by Gasteiger charge is 2.25. The van der Waals surface area contributed by atoms with Gasteiger partial charge in [0, 0.05) is 48.9 Å². The number of halogens is 3. The lowest BCUT2D eigenvalue weighted by Crippen LogP contribution is -2.49. The highest BCUT2D eigenvalue weighted by atomic mass is 35.5. The molecule has 1 fully saturated rings. The summed E-state index contributed by atoms with van der Waals surface area (Å²) in [5.74, 6) is 0.433. The van der Waals surface area contributed by atoms with Crippen LogP contribution in [0.15, 0.2) is 48.5 Å². The summed E-state index contributed by atoms with van der Waals surface area (Å²) in [6, 6.07) is 12.7. The van der Waals surface area contributed by atoms with Crippen LogP contribution in [0.2, 0.25) is 15.1 Å². The van der Waals surface area contributed by atoms with E-state index in [4.69, 9.17) is 34.8 Å². The van der Waals surface area contributed by atoms with Gasteiger partial charge in [0.2, 0.25) is 0 Å². The summed E-state index contributed by atoms with van der Waals surface area (Å²) < 4.78 is 0. The number of aromatic nitrogens is 2. The zero-order chi connectivity index (χ0) is 22.8. The molecule has 2 aromatic carbocycles. The second-order valence-electron chi connectivity index (χ2n) is 7.10. The number of anilines is 1. The van der Waals surface area contributed by atoms with Crippen LogP contribution < -0.4 is 4.90 Å². The van der Waals surface area contributed by atoms with Crippen molar-refractivity contribution in [1.29, 1.82) is 0 Å². The van der Waals surface area contributed by atoms with E-state index in [9.17, 15) is 14.9 Å². The summed E-state index contributed by atoms with van der Waals surface area (Å²) in [4.78, 5) is 26.8. The standard InChI is InChI=1S/C21H16Cl3N5O3/c22-13-1-3-15(17(23)11-13)19-5-6-20(26-25-19)27-7-9-28(10-8-27)21(30)16-4-2-14(29(31)32)12-18(16)24/h1-6,11-12H,7-10H2. The molecule has 1 aromatic heterocycles. The highest BCUT2D eigenvalue weighted by Crippen LogP contribution is 2.29. The number of hydrogen-bond donors (Lipinski definition) is 0. The molecular weight excluding hydrogens is 477 g/mol. The molecule has 0 spiro atoms. The van der Waals surface area contributed by atoms with E-state index in [1.54, 1.807) is 23.1 Å². The number of piperazine rings is 1. The summed E-state index contributed by atoms with van der Waals surface area (Å²) in [5.41, 5.74) is 1.47. The molecule has 0 radical (unpaired) electrons. The normalized spacial score (nSPS) is 13.8. The number of carbonyl (C=O) groups excluding carboxylic acids is 1. The fraction of sp³-hybridized carbons (Fsp3) is 0.190. The van der Waals surface area contributed by atoms with Gasteiger partial charge in [0.1, 0.15) is 0 Å². The molecule has 8 nitrogen and oxygen atoms in total. The van der Waals surface area contributed by atoms with Crippen LogP contribution in [0.25, 0.3) is 11.3 Å². The van der Waals surface area contributed by atoms with Crippen LogP contribution in [0.4, 0.5) is 11.5 Å². The zero-order valence-corrected chi connectivity index (χ0v) is 18.8. The van der Waals surface area contributed by atoms with Gasteiger partial charge in [-0.25, -0.2) is 0 Å². The van der Waals surface area contributed by atoms with Gasteiger partial charge in [0.05, 0.1) is 26.2 Å². The molecule has 0 bridgehead atoms. The van der Waals surface area contributed by atoms with E-state index in [1.165, 1.54) is 18.2 Å². The third kappa shape index (κ3) is 4.62. The molecule has 4 rings (SSSR count). The molecular formula is C21H16Cl3N5O3. The predicted octanol–water partition coefficient (Wildman–Crippen LogP) is 4.97. The van der Waals surface area contributed by atoms with Crippen molar-refractivity contribution in [2.24, 2.45) is 0 Å². The van der Waals surface area contributed by atoms with Crippen LogP contribution in [0.1, 0.15) is 10.4 Å². The van der Waals surface area contributed by atoms with Gasteiger partial charge < -0.3 is 9.80 Å². The Morgan fingerprint density at radius 1 is 0.906 bits per heavy atom. The molecule has 1 aliphatic heterocycles. The zero-order valence-electron chi connectivity index (χ0n) is 16.5. The number of hydrogen-bond acceptors (Lipinski definition) is 6. The molecule has 11 heteroatoms. The first-order valence-electron chi connectivity index (χ1n) is 9.61. The van der Waals surface area contributed by atoms with Crippen LogP contribution in [-0.2, 0) is 0 Å². The molecule has 1 aliphatic rings. The number of benzene rings is 2. The number of nitrogens with zero attached hydrogens (tertiary/aromatic N) is 5. The van der Waals surface area contributed by atoms with E-state index in [-0.39, 0.29) is 22.2 Å². The topological polar surface area (TPSA) is 92.5 Å². The van der Waals surface area contributed by atoms with E-state index in [0.717, 1.165) is 5.56 Å². The van der Waals surface area contributed by atoms with E-state index >= 15 is 0 Å². The maximum atomic E-state index is 12.8. The van der Waals surface area contributed by atoms with Gasteiger partial charge >= 0.3 is 0 Å². The Bertz CT molecular complexity index is 1180. The van der Waals surface area contributed by atoms with Crippen LogP contribution in [0, 0.1) is 10.1 Å². The molecule has 0 N–H and O–H groups in total. The number of rotatable bonds is 4. The lowest BCUT2D eigenvalue weighted by Gasteiger charge is -2.35. The Kier molecular flexibility index (Phi) is 6.45. The van der Waals surface area contributed by atoms with Crippen molar-refractivity contribution in [1.82, 2.24) is 15.1 Å². The van der Waals surface area contributed by atoms with Crippen LogP contribution in [-0.4, -0.2) is 52.1 Å². The number of nitro groups is 1. The molecule has 0 aliphatic carbocycles. The van der Waals surface area contributed by atoms with Crippen molar-refractivity contribution in [3.63, 3.8) is 0 Å². The van der Waals surface area contributed by atoms with Crippen molar-refractivity contribution >= 4 is 52.2 Å². The van der Waals surface area contributed by atoms with Gasteiger partial charge in [-0.3, -0.25) is 14.9 Å². The minimum atomic E-state index is -0.550. The van der Waals surface area contributed by atoms with Gasteiger partial charge in [-0.05, 0) is 36.4 Å². The fourth-order valence-electron chi connectivity index (χ4n) is 3.43. The molecule has 3 aromatic rings. The van der Waals surface area contributed by atoms with Crippen molar-refractivity contribution in [3.05, 3.63) is 79.3 Å². The van der Waals surface area contributed by atoms with Crippen molar-refractivity contribution in [3.8, 4) is 11.3 Å². The first-order chi connectivity index (χ1) is 15.3. The second kappa shape index (κ2) is 9.28. The first kappa shape index (κ1) is 22.3. The Balaban J connectivity index is 1.41. The molecule has 1 saturated heterocycles. The second-order valence-corrected chi connectivity index (χ2v) is 8.35. The van der Waals surface area contributed by atoms with Crippen molar-refractivity contribution in [2.45, 2.75) is 0 Å². The quantitative estimate of drug-likeness (QED) is 0.377. The van der Waals surface area contributed by atoms with Crippen LogP contribution in [0.3, 0.4) is 0 Å². The van der Waals surface area contributed by atoms with Crippen LogP contribution in [0.5, 0.6) is 0 Å². The Labute approximate surface area is 198 Å². The summed E-state index contributed by atoms with van der Waals surface area (Å²) >= 11 is 18.3. The van der Waals surface area contributed by atoms with Gasteiger partial charge in [-0.1, -0.05) is 34.8 Å². The average molecular weight is 493 g/mol. The van der Waals surface area contributed by atoms with E-state index < -0.39 is 4.92 Å². The minimum absolute atomic E-state index is 0.0638. The molecule has 0 unspecified atom stereocenters. The predicted molar refractivity (Wildman–Crippen MR) is 124 cm³/mol. The maximum absolute atomic E-state index is 12.8. The van der Waals surface area contributed by atoms with Crippen molar-refractivity contribution < 1.29 is 9.72 Å². The number of carbonyl (C=O) groups is 1. The highest BCUT2D eigenvalue weighted by molar-refractivity contribution is 6.36. The molecule has 0 saturated carbocycles. The smallest absolute Gasteiger partial charge is 0.270 e. The van der Waals surface area contributed by atoms with E-state index in [0.29, 0.717) is 47.7 Å². The SMILES string of the molecule is O=C(c1ccc([N+](=O)[O-])cc1Cl)N1CCN(c2ccc(-c3ccc(Cl)cc3Cl)nn2)CC1. The molecule has 164 valence electrons. The maximum Gasteiger partial charge on any atom is 0.270 e. The number of amides is 1. The molecule has 0 atom stereocenters. The summed E-state index contributed by atoms with van der Waals surface area (Å²) in [6.45, 7) is 2.04. The summed E-state index contributed by atoms with van der Waals surface area (Å²) in [7, 11) is 0. The van der Waals surface area contributed by atoms with E-state index in [2.05, 4.69) is 10.2 Å². The van der Waals surface area contributed by atoms with Gasteiger partial charge in [0.15, 0.2) is 5.82 Å². The Morgan fingerprint density at radius 3 is 2.25 bits per heavy atom.